The Morgan fingerprint density at radius 3 is 1.78 bits per heavy atom. The summed E-state index contributed by atoms with van der Waals surface area (Å²) < 4.78 is 2.38. The second kappa shape index (κ2) is 7.36. The summed E-state index contributed by atoms with van der Waals surface area (Å²) in [7, 11) is 0. The van der Waals surface area contributed by atoms with E-state index in [1.54, 1.807) is 0 Å². The van der Waals surface area contributed by atoms with Gasteiger partial charge in [-0.25, -0.2) is 9.97 Å². The molecule has 3 heteroatoms. The fourth-order valence-electron chi connectivity index (χ4n) is 6.53. The molecule has 3 nitrogen and oxygen atoms in total. The maximum atomic E-state index is 5.42. The van der Waals surface area contributed by atoms with E-state index >= 15 is 0 Å². The Balaban J connectivity index is 2.01. The van der Waals surface area contributed by atoms with Gasteiger partial charge in [-0.1, -0.05) is 103 Å². The van der Waals surface area contributed by atoms with Crippen LogP contribution in [0.4, 0.5) is 0 Å². The van der Waals surface area contributed by atoms with Gasteiger partial charge in [-0.05, 0) is 68.0 Å². The van der Waals surface area contributed by atoms with Crippen LogP contribution in [0.3, 0.4) is 0 Å². The predicted molar refractivity (Wildman–Crippen MR) is 159 cm³/mol. The molecule has 2 heterocycles. The number of nitrogens with zero attached hydrogens (tertiary/aromatic N) is 3. The Morgan fingerprint density at radius 2 is 1.27 bits per heavy atom. The monoisotopic (exact) mass is 497 g/mol. The van der Waals surface area contributed by atoms with Crippen LogP contribution >= 0.6 is 0 Å². The Kier molecular flexibility index (Phi) is 5.21. The van der Waals surface area contributed by atoms with Gasteiger partial charge < -0.3 is 0 Å². The average Bonchev–Trinajstić information content (AvgIpc) is 3.17. The van der Waals surface area contributed by atoms with E-state index in [9.17, 15) is 0 Å². The molecule has 0 saturated heterocycles. The maximum absolute atomic E-state index is 5.42. The molecule has 0 atom stereocenters. The third-order valence-corrected chi connectivity index (χ3v) is 10.2. The molecule has 0 unspecified atom stereocenters. The molecule has 0 aliphatic heterocycles. The fourth-order valence-corrected chi connectivity index (χ4v) is 6.53. The molecule has 0 bridgehead atoms. The predicted octanol–water partition coefficient (Wildman–Crippen LogP) is 9.35. The van der Waals surface area contributed by atoms with Crippen molar-refractivity contribution in [2.45, 2.75) is 125 Å². The summed E-state index contributed by atoms with van der Waals surface area (Å²) in [6.07, 6.45) is 0. The maximum Gasteiger partial charge on any atom is 0.149 e. The SMILES string of the molecule is CC(C)c1cc(C(C)(C)C)cc2nc(C(C)(C)C)n3c4cc5c(cc4nc3c12)C(C)(C)C(C)(C)C5(C)C. The lowest BCUT2D eigenvalue weighted by Crippen LogP contribution is -2.42. The minimum absolute atomic E-state index is 0.0427. The van der Waals surface area contributed by atoms with Crippen LogP contribution < -0.4 is 0 Å². The van der Waals surface area contributed by atoms with Gasteiger partial charge in [-0.15, -0.1) is 0 Å². The molecule has 1 aliphatic rings. The van der Waals surface area contributed by atoms with E-state index < -0.39 is 0 Å². The number of imidazole rings is 1. The highest BCUT2D eigenvalue weighted by Crippen LogP contribution is 2.62. The highest BCUT2D eigenvalue weighted by Gasteiger charge is 2.57. The van der Waals surface area contributed by atoms with Gasteiger partial charge in [0.2, 0.25) is 0 Å². The molecule has 37 heavy (non-hydrogen) atoms. The zero-order valence-corrected chi connectivity index (χ0v) is 25.7. The summed E-state index contributed by atoms with van der Waals surface area (Å²) in [5.41, 5.74) is 10.1. The van der Waals surface area contributed by atoms with Crippen molar-refractivity contribution in [2.24, 2.45) is 5.41 Å². The largest absolute Gasteiger partial charge is 0.279 e. The van der Waals surface area contributed by atoms with Crippen molar-refractivity contribution < 1.29 is 0 Å². The summed E-state index contributed by atoms with van der Waals surface area (Å²) in [5.74, 6) is 1.45. The van der Waals surface area contributed by atoms with E-state index in [4.69, 9.17) is 9.97 Å². The molecule has 5 rings (SSSR count). The van der Waals surface area contributed by atoms with Crippen LogP contribution in [0.25, 0.3) is 27.6 Å². The Labute approximate surface area is 224 Å². The quantitative estimate of drug-likeness (QED) is 0.262. The van der Waals surface area contributed by atoms with Gasteiger partial charge in [-0.2, -0.15) is 0 Å². The summed E-state index contributed by atoms with van der Waals surface area (Å²) in [6.45, 7) is 32.8. The van der Waals surface area contributed by atoms with Crippen molar-refractivity contribution >= 4 is 27.6 Å². The molecule has 2 aromatic carbocycles. The highest BCUT2D eigenvalue weighted by molar-refractivity contribution is 6.00. The van der Waals surface area contributed by atoms with E-state index in [1.165, 1.54) is 33.2 Å². The normalized spacial score (nSPS) is 18.9. The molecule has 0 amide bonds. The topological polar surface area (TPSA) is 30.2 Å². The van der Waals surface area contributed by atoms with E-state index in [1.807, 2.05) is 0 Å². The van der Waals surface area contributed by atoms with Crippen molar-refractivity contribution in [1.82, 2.24) is 14.4 Å². The van der Waals surface area contributed by atoms with Crippen molar-refractivity contribution in [3.8, 4) is 0 Å². The minimum Gasteiger partial charge on any atom is -0.279 e. The summed E-state index contributed by atoms with van der Waals surface area (Å²) in [5, 5.41) is 1.20. The third-order valence-electron chi connectivity index (χ3n) is 10.2. The van der Waals surface area contributed by atoms with Gasteiger partial charge in [0.1, 0.15) is 11.5 Å². The molecule has 0 N–H and O–H groups in total. The molecular weight excluding hydrogens is 450 g/mol. The molecular formula is C34H47N3. The van der Waals surface area contributed by atoms with Crippen LogP contribution in [0, 0.1) is 5.41 Å². The lowest BCUT2D eigenvalue weighted by atomic mass is 9.59. The molecule has 1 aliphatic carbocycles. The molecule has 0 spiro atoms. The van der Waals surface area contributed by atoms with E-state index in [0.29, 0.717) is 5.92 Å². The van der Waals surface area contributed by atoms with E-state index in [-0.39, 0.29) is 27.1 Å². The first-order valence-corrected chi connectivity index (χ1v) is 14.1. The molecule has 0 fully saturated rings. The van der Waals surface area contributed by atoms with Crippen LogP contribution in [0.2, 0.25) is 0 Å². The highest BCUT2D eigenvalue weighted by atomic mass is 15.1. The Hall–Kier alpha value is -2.42. The number of hydrogen-bond acceptors (Lipinski definition) is 2. The first-order chi connectivity index (χ1) is 16.7. The first kappa shape index (κ1) is 26.2. The molecule has 0 radical (unpaired) electrons. The summed E-state index contributed by atoms with van der Waals surface area (Å²) in [6, 6.07) is 9.55. The number of hydrogen-bond donors (Lipinski definition) is 0. The zero-order chi connectivity index (χ0) is 27.7. The lowest BCUT2D eigenvalue weighted by molar-refractivity contribution is 0.125. The number of benzene rings is 2. The number of fused-ring (bicyclic) bond motifs is 6. The third kappa shape index (κ3) is 3.38. The van der Waals surface area contributed by atoms with E-state index in [0.717, 1.165) is 22.5 Å². The average molecular weight is 498 g/mol. The molecule has 2 aromatic heterocycles. The molecule has 198 valence electrons. The van der Waals surface area contributed by atoms with Gasteiger partial charge in [0.25, 0.3) is 0 Å². The second-order valence-electron chi connectivity index (χ2n) is 15.6. The van der Waals surface area contributed by atoms with Gasteiger partial charge in [0, 0.05) is 10.8 Å². The summed E-state index contributed by atoms with van der Waals surface area (Å²) in [4.78, 5) is 10.8. The van der Waals surface area contributed by atoms with Gasteiger partial charge in [0.05, 0.1) is 16.6 Å². The first-order valence-electron chi connectivity index (χ1n) is 14.1. The Morgan fingerprint density at radius 1 is 0.703 bits per heavy atom. The molecule has 4 aromatic rings. The smallest absolute Gasteiger partial charge is 0.149 e. The van der Waals surface area contributed by atoms with Crippen molar-refractivity contribution in [1.29, 1.82) is 0 Å². The fraction of sp³-hybridized carbons (Fsp3) is 0.588. The zero-order valence-electron chi connectivity index (χ0n) is 25.7. The number of aromatic nitrogens is 3. The summed E-state index contributed by atoms with van der Waals surface area (Å²) >= 11 is 0. The Bertz CT molecular complexity index is 1580. The lowest BCUT2D eigenvalue weighted by Gasteiger charge is -2.44. The van der Waals surface area contributed by atoms with Crippen LogP contribution in [0.15, 0.2) is 24.3 Å². The standard InChI is InChI=1S/C34H47N3/c1-19(2)21-15-20(30(3,4)5)16-25-27(21)28-35-24-17-22-23(33(11,12)34(13,14)32(22,9)10)18-26(24)37(28)29(36-25)31(6,7)8/h15-19H,1-14H3. The van der Waals surface area contributed by atoms with Crippen LogP contribution in [0.5, 0.6) is 0 Å². The van der Waals surface area contributed by atoms with Gasteiger partial charge in [-0.3, -0.25) is 4.40 Å². The molecule has 0 saturated carbocycles. The van der Waals surface area contributed by atoms with E-state index in [2.05, 4.69) is 126 Å². The van der Waals surface area contributed by atoms with Crippen molar-refractivity contribution in [2.75, 3.05) is 0 Å². The second-order valence-corrected chi connectivity index (χ2v) is 15.6. The van der Waals surface area contributed by atoms with Crippen LogP contribution in [-0.4, -0.2) is 14.4 Å². The van der Waals surface area contributed by atoms with Gasteiger partial charge >= 0.3 is 0 Å². The van der Waals surface area contributed by atoms with Crippen molar-refractivity contribution in [3.63, 3.8) is 0 Å². The van der Waals surface area contributed by atoms with Gasteiger partial charge in [0.15, 0.2) is 0 Å². The van der Waals surface area contributed by atoms with Crippen LogP contribution in [0.1, 0.15) is 131 Å². The minimum atomic E-state index is -0.136. The van der Waals surface area contributed by atoms with Crippen LogP contribution in [-0.2, 0) is 21.7 Å². The van der Waals surface area contributed by atoms with Crippen molar-refractivity contribution in [3.05, 3.63) is 52.3 Å². The number of rotatable bonds is 1.